The summed E-state index contributed by atoms with van der Waals surface area (Å²) in [5, 5.41) is 4.95. The zero-order valence-corrected chi connectivity index (χ0v) is 13.9. The molecule has 0 saturated heterocycles. The quantitative estimate of drug-likeness (QED) is 0.515. The Labute approximate surface area is 146 Å². The molecule has 26 heavy (non-hydrogen) atoms. The SMILES string of the molecule is CC1(C)C(=O)Oc2ccc3ccc(C(n4cncn4)C(F)(F)F)cc3c21. The van der Waals surface area contributed by atoms with Crippen molar-refractivity contribution in [3.63, 3.8) is 0 Å². The fourth-order valence-corrected chi connectivity index (χ4v) is 3.39. The van der Waals surface area contributed by atoms with Crippen molar-refractivity contribution in [3.05, 3.63) is 54.1 Å². The molecule has 3 aromatic rings. The molecule has 5 nitrogen and oxygen atoms in total. The number of hydrogen-bond donors (Lipinski definition) is 0. The summed E-state index contributed by atoms with van der Waals surface area (Å²) in [5.41, 5.74) is -0.325. The number of rotatable bonds is 2. The first kappa shape index (κ1) is 16.6. The maximum Gasteiger partial charge on any atom is 0.415 e. The van der Waals surface area contributed by atoms with E-state index in [9.17, 15) is 18.0 Å². The van der Waals surface area contributed by atoms with E-state index in [1.165, 1.54) is 12.1 Å². The Hall–Kier alpha value is -2.90. The molecule has 0 aliphatic carbocycles. The summed E-state index contributed by atoms with van der Waals surface area (Å²) in [6, 6.07) is 5.91. The van der Waals surface area contributed by atoms with E-state index in [0.29, 0.717) is 16.7 Å². The lowest BCUT2D eigenvalue weighted by molar-refractivity contribution is -0.159. The lowest BCUT2D eigenvalue weighted by Crippen LogP contribution is -2.28. The predicted octanol–water partition coefficient (Wildman–Crippen LogP) is 3.78. The van der Waals surface area contributed by atoms with Gasteiger partial charge in [0.1, 0.15) is 18.4 Å². The third-order valence-corrected chi connectivity index (χ3v) is 4.67. The van der Waals surface area contributed by atoms with Gasteiger partial charge in [0, 0.05) is 5.56 Å². The number of benzene rings is 2. The highest BCUT2D eigenvalue weighted by atomic mass is 19.4. The van der Waals surface area contributed by atoms with Crippen LogP contribution in [-0.2, 0) is 10.2 Å². The Morgan fingerprint density at radius 3 is 2.58 bits per heavy atom. The molecular weight excluding hydrogens is 347 g/mol. The van der Waals surface area contributed by atoms with Crippen LogP contribution in [0.25, 0.3) is 10.8 Å². The van der Waals surface area contributed by atoms with Gasteiger partial charge in [0.15, 0.2) is 6.04 Å². The minimum atomic E-state index is -4.55. The molecule has 134 valence electrons. The standard InChI is InChI=1S/C18H14F3N3O2/c1-17(2)14-12-7-11(15(18(19,20)21)24-9-22-8-23-24)4-3-10(12)5-6-13(14)26-16(17)25/h3-9,15H,1-2H3. The van der Waals surface area contributed by atoms with Crippen molar-refractivity contribution in [2.45, 2.75) is 31.5 Å². The van der Waals surface area contributed by atoms with E-state index in [0.717, 1.165) is 22.7 Å². The fourth-order valence-electron chi connectivity index (χ4n) is 3.39. The Kier molecular flexibility index (Phi) is 3.37. The van der Waals surface area contributed by atoms with Crippen molar-refractivity contribution in [1.82, 2.24) is 14.8 Å². The van der Waals surface area contributed by atoms with Gasteiger partial charge < -0.3 is 4.74 Å². The highest BCUT2D eigenvalue weighted by Crippen LogP contribution is 2.45. The van der Waals surface area contributed by atoms with E-state index in [1.807, 2.05) is 0 Å². The molecule has 2 heterocycles. The molecule has 0 radical (unpaired) electrons. The zero-order chi connectivity index (χ0) is 18.7. The van der Waals surface area contributed by atoms with Crippen molar-refractivity contribution < 1.29 is 22.7 Å². The van der Waals surface area contributed by atoms with Gasteiger partial charge in [-0.25, -0.2) is 9.67 Å². The van der Waals surface area contributed by atoms with Gasteiger partial charge in [-0.05, 0) is 42.3 Å². The molecule has 4 rings (SSSR count). The zero-order valence-electron chi connectivity index (χ0n) is 13.9. The Balaban J connectivity index is 1.96. The third kappa shape index (κ3) is 2.36. The highest BCUT2D eigenvalue weighted by Gasteiger charge is 2.45. The lowest BCUT2D eigenvalue weighted by atomic mass is 9.82. The van der Waals surface area contributed by atoms with Crippen LogP contribution in [0.3, 0.4) is 0 Å². The molecule has 1 aliphatic rings. The van der Waals surface area contributed by atoms with Gasteiger partial charge in [0.2, 0.25) is 0 Å². The second-order valence-electron chi connectivity index (χ2n) is 6.75. The molecule has 1 unspecified atom stereocenters. The molecule has 1 aliphatic heterocycles. The third-order valence-electron chi connectivity index (χ3n) is 4.67. The van der Waals surface area contributed by atoms with Crippen LogP contribution in [0.1, 0.15) is 31.0 Å². The first-order valence-corrected chi connectivity index (χ1v) is 7.90. The molecule has 0 spiro atoms. The predicted molar refractivity (Wildman–Crippen MR) is 86.8 cm³/mol. The molecule has 0 saturated carbocycles. The summed E-state index contributed by atoms with van der Waals surface area (Å²) < 4.78 is 47.1. The van der Waals surface area contributed by atoms with E-state index in [4.69, 9.17) is 4.74 Å². The Morgan fingerprint density at radius 2 is 1.92 bits per heavy atom. The normalized spacial score (nSPS) is 17.2. The van der Waals surface area contributed by atoms with Crippen LogP contribution in [0.15, 0.2) is 43.0 Å². The average Bonchev–Trinajstić information content (AvgIpc) is 3.13. The number of hydrogen-bond acceptors (Lipinski definition) is 4. The molecule has 0 bridgehead atoms. The van der Waals surface area contributed by atoms with Crippen molar-refractivity contribution in [2.75, 3.05) is 0 Å². The summed E-state index contributed by atoms with van der Waals surface area (Å²) in [7, 11) is 0. The van der Waals surface area contributed by atoms with Crippen LogP contribution in [0.5, 0.6) is 5.75 Å². The van der Waals surface area contributed by atoms with E-state index in [-0.39, 0.29) is 5.56 Å². The molecule has 1 atom stereocenters. The monoisotopic (exact) mass is 361 g/mol. The lowest BCUT2D eigenvalue weighted by Gasteiger charge is -2.22. The molecular formula is C18H14F3N3O2. The van der Waals surface area contributed by atoms with Crippen LogP contribution in [0, 0.1) is 0 Å². The van der Waals surface area contributed by atoms with Crippen molar-refractivity contribution in [2.24, 2.45) is 0 Å². The van der Waals surface area contributed by atoms with Crippen LogP contribution in [0.4, 0.5) is 13.2 Å². The summed E-state index contributed by atoms with van der Waals surface area (Å²) in [6.45, 7) is 3.40. The maximum absolute atomic E-state index is 13.7. The van der Waals surface area contributed by atoms with Crippen molar-refractivity contribution >= 4 is 16.7 Å². The largest absolute Gasteiger partial charge is 0.426 e. The second kappa shape index (κ2) is 5.30. The molecule has 1 aromatic heterocycles. The number of nitrogens with zero attached hydrogens (tertiary/aromatic N) is 3. The summed E-state index contributed by atoms with van der Waals surface area (Å²) in [5.74, 6) is -0.0389. The van der Waals surface area contributed by atoms with E-state index >= 15 is 0 Å². The van der Waals surface area contributed by atoms with Crippen LogP contribution in [-0.4, -0.2) is 26.9 Å². The molecule has 0 N–H and O–H groups in total. The van der Waals surface area contributed by atoms with E-state index in [1.54, 1.807) is 32.0 Å². The smallest absolute Gasteiger partial charge is 0.415 e. The number of carbonyl (C=O) groups excluding carboxylic acids is 1. The first-order valence-electron chi connectivity index (χ1n) is 7.90. The van der Waals surface area contributed by atoms with E-state index < -0.39 is 23.6 Å². The maximum atomic E-state index is 13.7. The number of carbonyl (C=O) groups is 1. The fraction of sp³-hybridized carbons (Fsp3) is 0.278. The van der Waals surface area contributed by atoms with Crippen molar-refractivity contribution in [3.8, 4) is 5.75 Å². The van der Waals surface area contributed by atoms with Crippen molar-refractivity contribution in [1.29, 1.82) is 0 Å². The molecule has 0 amide bonds. The van der Waals surface area contributed by atoms with Gasteiger partial charge in [0.05, 0.1) is 5.41 Å². The topological polar surface area (TPSA) is 57.0 Å². The summed E-state index contributed by atoms with van der Waals surface area (Å²) >= 11 is 0. The minimum absolute atomic E-state index is 0.0130. The van der Waals surface area contributed by atoms with Gasteiger partial charge >= 0.3 is 12.1 Å². The summed E-state index contributed by atoms with van der Waals surface area (Å²) in [6.07, 6.45) is -2.46. The van der Waals surface area contributed by atoms with Gasteiger partial charge in [-0.3, -0.25) is 4.79 Å². The number of halogens is 3. The molecule has 2 aromatic carbocycles. The van der Waals surface area contributed by atoms with Crippen LogP contribution < -0.4 is 4.74 Å². The average molecular weight is 361 g/mol. The number of ether oxygens (including phenoxy) is 1. The van der Waals surface area contributed by atoms with Gasteiger partial charge in [0.25, 0.3) is 0 Å². The van der Waals surface area contributed by atoms with Gasteiger partial charge in [-0.1, -0.05) is 18.2 Å². The first-order chi connectivity index (χ1) is 12.2. The number of alkyl halides is 3. The van der Waals surface area contributed by atoms with Crippen LogP contribution >= 0.6 is 0 Å². The highest BCUT2D eigenvalue weighted by molar-refractivity contribution is 6.00. The Morgan fingerprint density at radius 1 is 1.19 bits per heavy atom. The number of fused-ring (bicyclic) bond motifs is 3. The minimum Gasteiger partial charge on any atom is -0.426 e. The summed E-state index contributed by atoms with van der Waals surface area (Å²) in [4.78, 5) is 15.8. The molecule has 8 heteroatoms. The van der Waals surface area contributed by atoms with Gasteiger partial charge in [-0.2, -0.15) is 18.3 Å². The molecule has 0 fully saturated rings. The van der Waals surface area contributed by atoms with E-state index in [2.05, 4.69) is 10.1 Å². The Bertz CT molecular complexity index is 1010. The second-order valence-corrected chi connectivity index (χ2v) is 6.75. The van der Waals surface area contributed by atoms with Gasteiger partial charge in [-0.15, -0.1) is 0 Å². The number of esters is 1. The number of aromatic nitrogens is 3. The van der Waals surface area contributed by atoms with Crippen LogP contribution in [0.2, 0.25) is 0 Å².